The molecule has 1 unspecified atom stereocenters. The Labute approximate surface area is 89.2 Å². The van der Waals surface area contributed by atoms with E-state index in [4.69, 9.17) is 10.8 Å². The minimum atomic E-state index is -0.905. The Kier molecular flexibility index (Phi) is 3.50. The van der Waals surface area contributed by atoms with Crippen molar-refractivity contribution in [2.75, 3.05) is 0 Å². The lowest BCUT2D eigenvalue weighted by Gasteiger charge is -2.07. The number of rotatable bonds is 3. The summed E-state index contributed by atoms with van der Waals surface area (Å²) in [6.07, 6.45) is 1.72. The van der Waals surface area contributed by atoms with E-state index in [1.54, 1.807) is 13.0 Å². The van der Waals surface area contributed by atoms with Crippen LogP contribution in [-0.4, -0.2) is 11.1 Å². The zero-order chi connectivity index (χ0) is 11.4. The fourth-order valence-corrected chi connectivity index (χ4v) is 1.20. The van der Waals surface area contributed by atoms with Gasteiger partial charge in [-0.2, -0.15) is 0 Å². The molecule has 3 heteroatoms. The molecular formula is C12H15NO2. The standard InChI is InChI=1S/C12H15NO2/c1-8-5-3-4-6-10(8)7-11(13)9(2)12(14)15/h3-7,9H,13H2,1-2H3,(H,14,15)/b11-7+. The normalized spacial score (nSPS) is 13.6. The van der Waals surface area contributed by atoms with Gasteiger partial charge in [0.15, 0.2) is 0 Å². The van der Waals surface area contributed by atoms with E-state index in [-0.39, 0.29) is 0 Å². The molecule has 3 nitrogen and oxygen atoms in total. The van der Waals surface area contributed by atoms with Crippen LogP contribution in [0, 0.1) is 12.8 Å². The highest BCUT2D eigenvalue weighted by atomic mass is 16.4. The van der Waals surface area contributed by atoms with Gasteiger partial charge in [-0.3, -0.25) is 4.79 Å². The maximum Gasteiger partial charge on any atom is 0.312 e. The van der Waals surface area contributed by atoms with Gasteiger partial charge in [-0.1, -0.05) is 24.3 Å². The van der Waals surface area contributed by atoms with Gasteiger partial charge < -0.3 is 10.8 Å². The SMILES string of the molecule is Cc1ccccc1/C=C(/N)C(C)C(=O)O. The Hall–Kier alpha value is -1.77. The van der Waals surface area contributed by atoms with Crippen molar-refractivity contribution in [1.29, 1.82) is 0 Å². The van der Waals surface area contributed by atoms with Crippen molar-refractivity contribution in [1.82, 2.24) is 0 Å². The van der Waals surface area contributed by atoms with E-state index in [0.717, 1.165) is 11.1 Å². The topological polar surface area (TPSA) is 63.3 Å². The van der Waals surface area contributed by atoms with Crippen LogP contribution >= 0.6 is 0 Å². The molecule has 1 rings (SSSR count). The lowest BCUT2D eigenvalue weighted by atomic mass is 10.0. The first-order valence-electron chi connectivity index (χ1n) is 4.78. The van der Waals surface area contributed by atoms with Crippen molar-refractivity contribution in [3.8, 4) is 0 Å². The molecule has 1 aromatic carbocycles. The van der Waals surface area contributed by atoms with Crippen LogP contribution in [0.2, 0.25) is 0 Å². The lowest BCUT2D eigenvalue weighted by Crippen LogP contribution is -2.17. The Bertz CT molecular complexity index is 396. The van der Waals surface area contributed by atoms with Crippen molar-refractivity contribution in [3.63, 3.8) is 0 Å². The number of carboxylic acid groups (broad SMARTS) is 1. The summed E-state index contributed by atoms with van der Waals surface area (Å²) < 4.78 is 0. The highest BCUT2D eigenvalue weighted by molar-refractivity contribution is 5.75. The summed E-state index contributed by atoms with van der Waals surface area (Å²) in [5, 5.41) is 8.78. The van der Waals surface area contributed by atoms with Gasteiger partial charge in [-0.25, -0.2) is 0 Å². The Morgan fingerprint density at radius 3 is 2.60 bits per heavy atom. The molecule has 0 fully saturated rings. The van der Waals surface area contributed by atoms with E-state index in [9.17, 15) is 4.79 Å². The molecule has 0 saturated carbocycles. The Morgan fingerprint density at radius 1 is 1.47 bits per heavy atom. The van der Waals surface area contributed by atoms with Crippen molar-refractivity contribution < 1.29 is 9.90 Å². The van der Waals surface area contributed by atoms with Crippen LogP contribution in [0.25, 0.3) is 6.08 Å². The average molecular weight is 205 g/mol. The molecule has 0 radical (unpaired) electrons. The maximum atomic E-state index is 10.7. The first-order valence-corrected chi connectivity index (χ1v) is 4.78. The molecule has 1 atom stereocenters. The molecule has 0 saturated heterocycles. The van der Waals surface area contributed by atoms with E-state index in [1.807, 2.05) is 31.2 Å². The van der Waals surface area contributed by atoms with Crippen LogP contribution in [0.1, 0.15) is 18.1 Å². The van der Waals surface area contributed by atoms with Crippen LogP contribution < -0.4 is 5.73 Å². The van der Waals surface area contributed by atoms with Gasteiger partial charge in [0, 0.05) is 5.70 Å². The summed E-state index contributed by atoms with van der Waals surface area (Å²) in [4.78, 5) is 10.7. The van der Waals surface area contributed by atoms with E-state index < -0.39 is 11.9 Å². The summed E-state index contributed by atoms with van der Waals surface area (Å²) in [5.74, 6) is -1.55. The van der Waals surface area contributed by atoms with Crippen LogP contribution in [0.5, 0.6) is 0 Å². The minimum Gasteiger partial charge on any atom is -0.481 e. The summed E-state index contributed by atoms with van der Waals surface area (Å²) in [5.41, 5.74) is 8.11. The van der Waals surface area contributed by atoms with Crippen LogP contribution in [-0.2, 0) is 4.79 Å². The Balaban J connectivity index is 2.97. The number of aryl methyl sites for hydroxylation is 1. The molecule has 0 aliphatic rings. The molecule has 0 aliphatic carbocycles. The van der Waals surface area contributed by atoms with Gasteiger partial charge in [0.2, 0.25) is 0 Å². The number of carbonyl (C=O) groups is 1. The Morgan fingerprint density at radius 2 is 2.07 bits per heavy atom. The molecular weight excluding hydrogens is 190 g/mol. The fourth-order valence-electron chi connectivity index (χ4n) is 1.20. The van der Waals surface area contributed by atoms with Gasteiger partial charge >= 0.3 is 5.97 Å². The highest BCUT2D eigenvalue weighted by Crippen LogP contribution is 2.14. The number of benzene rings is 1. The molecule has 0 aromatic heterocycles. The molecule has 0 spiro atoms. The first kappa shape index (κ1) is 11.3. The van der Waals surface area contributed by atoms with Gasteiger partial charge in [0.25, 0.3) is 0 Å². The number of carboxylic acids is 1. The summed E-state index contributed by atoms with van der Waals surface area (Å²) in [7, 11) is 0. The molecule has 3 N–H and O–H groups in total. The molecule has 80 valence electrons. The fraction of sp³-hybridized carbons (Fsp3) is 0.250. The second kappa shape index (κ2) is 4.64. The second-order valence-electron chi connectivity index (χ2n) is 3.56. The molecule has 15 heavy (non-hydrogen) atoms. The van der Waals surface area contributed by atoms with Crippen LogP contribution in [0.4, 0.5) is 0 Å². The maximum absolute atomic E-state index is 10.7. The average Bonchev–Trinajstić information content (AvgIpc) is 2.20. The zero-order valence-electron chi connectivity index (χ0n) is 8.90. The van der Waals surface area contributed by atoms with E-state index in [2.05, 4.69) is 0 Å². The minimum absolute atomic E-state index is 0.372. The molecule has 0 bridgehead atoms. The van der Waals surface area contributed by atoms with Gasteiger partial charge in [-0.15, -0.1) is 0 Å². The van der Waals surface area contributed by atoms with Gasteiger partial charge in [0.1, 0.15) is 0 Å². The smallest absolute Gasteiger partial charge is 0.312 e. The van der Waals surface area contributed by atoms with Crippen molar-refractivity contribution in [3.05, 3.63) is 41.1 Å². The van der Waals surface area contributed by atoms with E-state index in [1.165, 1.54) is 0 Å². The molecule has 1 aromatic rings. The van der Waals surface area contributed by atoms with E-state index >= 15 is 0 Å². The highest BCUT2D eigenvalue weighted by Gasteiger charge is 2.13. The number of hydrogen-bond acceptors (Lipinski definition) is 2. The van der Waals surface area contributed by atoms with Gasteiger partial charge in [-0.05, 0) is 31.1 Å². The summed E-state index contributed by atoms with van der Waals surface area (Å²) >= 11 is 0. The zero-order valence-corrected chi connectivity index (χ0v) is 8.90. The van der Waals surface area contributed by atoms with Crippen molar-refractivity contribution in [2.24, 2.45) is 11.7 Å². The lowest BCUT2D eigenvalue weighted by molar-refractivity contribution is -0.139. The third kappa shape index (κ3) is 2.84. The number of hydrogen-bond donors (Lipinski definition) is 2. The number of nitrogens with two attached hydrogens (primary N) is 1. The van der Waals surface area contributed by atoms with Gasteiger partial charge in [0.05, 0.1) is 5.92 Å². The van der Waals surface area contributed by atoms with E-state index in [0.29, 0.717) is 5.70 Å². The number of aliphatic carboxylic acids is 1. The summed E-state index contributed by atoms with van der Waals surface area (Å²) in [6.45, 7) is 3.54. The summed E-state index contributed by atoms with van der Waals surface area (Å²) in [6, 6.07) is 7.71. The third-order valence-electron chi connectivity index (χ3n) is 2.38. The second-order valence-corrected chi connectivity index (χ2v) is 3.56. The molecule has 0 heterocycles. The van der Waals surface area contributed by atoms with Crippen molar-refractivity contribution >= 4 is 12.0 Å². The monoisotopic (exact) mass is 205 g/mol. The predicted octanol–water partition coefficient (Wildman–Crippen LogP) is 2.02. The first-order chi connectivity index (χ1) is 7.02. The predicted molar refractivity (Wildman–Crippen MR) is 60.1 cm³/mol. The van der Waals surface area contributed by atoms with Crippen molar-refractivity contribution in [2.45, 2.75) is 13.8 Å². The third-order valence-corrected chi connectivity index (χ3v) is 2.38. The molecule has 0 amide bonds. The quantitative estimate of drug-likeness (QED) is 0.793. The largest absolute Gasteiger partial charge is 0.481 e. The van der Waals surface area contributed by atoms with Crippen LogP contribution in [0.3, 0.4) is 0 Å². The van der Waals surface area contributed by atoms with Crippen LogP contribution in [0.15, 0.2) is 30.0 Å². The molecule has 0 aliphatic heterocycles.